The molecule has 1 atom stereocenters. The topological polar surface area (TPSA) is 83.0 Å². The fourth-order valence-electron chi connectivity index (χ4n) is 1.75. The van der Waals surface area contributed by atoms with Crippen molar-refractivity contribution in [3.05, 3.63) is 47.5 Å². The molecule has 0 aliphatic carbocycles. The lowest BCUT2D eigenvalue weighted by Crippen LogP contribution is -2.28. The van der Waals surface area contributed by atoms with Crippen LogP contribution in [0.3, 0.4) is 0 Å². The molecule has 0 spiro atoms. The summed E-state index contributed by atoms with van der Waals surface area (Å²) in [7, 11) is 1.53. The maximum Gasteiger partial charge on any atom is 0.246 e. The van der Waals surface area contributed by atoms with E-state index in [-0.39, 0.29) is 12.4 Å². The average Bonchev–Trinajstić information content (AvgIpc) is 2.80. The van der Waals surface area contributed by atoms with Gasteiger partial charge >= 0.3 is 0 Å². The zero-order valence-electron chi connectivity index (χ0n) is 10.3. The number of nitrogens with zero attached hydrogens (tertiary/aromatic N) is 3. The largest absolute Gasteiger partial charge is 0.378 e. The van der Waals surface area contributed by atoms with Crippen LogP contribution in [0.1, 0.15) is 17.3 Å². The molecule has 19 heavy (non-hydrogen) atoms. The number of rotatable bonds is 5. The highest BCUT2D eigenvalue weighted by Gasteiger charge is 2.21. The summed E-state index contributed by atoms with van der Waals surface area (Å²) in [6.07, 6.45) is 1.57. The Morgan fingerprint density at radius 2 is 2.16 bits per heavy atom. The van der Waals surface area contributed by atoms with E-state index in [4.69, 9.17) is 10.5 Å². The normalized spacial score (nSPS) is 12.3. The summed E-state index contributed by atoms with van der Waals surface area (Å²) in [5.74, 6) is -0.980. The third-order valence-corrected chi connectivity index (χ3v) is 2.57. The van der Waals surface area contributed by atoms with E-state index in [0.717, 1.165) is 0 Å². The van der Waals surface area contributed by atoms with Crippen molar-refractivity contribution in [3.8, 4) is 0 Å². The van der Waals surface area contributed by atoms with E-state index in [1.165, 1.54) is 36.1 Å². The molecule has 100 valence electrons. The number of amides is 1. The summed E-state index contributed by atoms with van der Waals surface area (Å²) in [6.45, 7) is 0.287. The molecule has 7 heteroatoms. The molecule has 6 nitrogen and oxygen atoms in total. The number of aromatic nitrogens is 3. The lowest BCUT2D eigenvalue weighted by Gasteiger charge is -2.13. The minimum Gasteiger partial charge on any atom is -0.378 e. The Hall–Kier alpha value is -2.28. The first kappa shape index (κ1) is 13.2. The number of hydrogen-bond donors (Lipinski definition) is 1. The lowest BCUT2D eigenvalue weighted by molar-refractivity contribution is -0.120. The predicted octanol–water partition coefficient (Wildman–Crippen LogP) is 0.638. The van der Waals surface area contributed by atoms with Gasteiger partial charge in [-0.15, -0.1) is 5.10 Å². The number of nitrogens with two attached hydrogens (primary N) is 1. The number of methoxy groups -OCH3 is 1. The Balaban J connectivity index is 2.34. The molecule has 0 saturated heterocycles. The number of hydrogen-bond acceptors (Lipinski definition) is 4. The van der Waals surface area contributed by atoms with Gasteiger partial charge in [0, 0.05) is 7.11 Å². The van der Waals surface area contributed by atoms with Crippen molar-refractivity contribution in [2.45, 2.75) is 12.6 Å². The van der Waals surface area contributed by atoms with Gasteiger partial charge in [0.1, 0.15) is 11.5 Å². The van der Waals surface area contributed by atoms with Crippen molar-refractivity contribution in [2.75, 3.05) is 7.11 Å². The molecule has 1 aromatic carbocycles. The molecule has 1 heterocycles. The first-order valence-corrected chi connectivity index (χ1v) is 5.56. The van der Waals surface area contributed by atoms with Gasteiger partial charge < -0.3 is 10.5 Å². The van der Waals surface area contributed by atoms with Gasteiger partial charge in [-0.1, -0.05) is 17.3 Å². The Bertz CT molecular complexity index is 567. The van der Waals surface area contributed by atoms with Crippen molar-refractivity contribution in [2.24, 2.45) is 5.73 Å². The molecule has 2 rings (SSSR count). The number of carbonyl (C=O) groups excluding carboxylic acids is 1. The highest BCUT2D eigenvalue weighted by Crippen LogP contribution is 2.18. The van der Waals surface area contributed by atoms with Crippen LogP contribution in [0.15, 0.2) is 30.5 Å². The van der Waals surface area contributed by atoms with E-state index in [1.54, 1.807) is 6.20 Å². The second-order valence-corrected chi connectivity index (χ2v) is 3.98. The van der Waals surface area contributed by atoms with E-state index in [1.807, 2.05) is 0 Å². The molecule has 1 unspecified atom stereocenters. The molecule has 2 aromatic rings. The molecular weight excluding hydrogens is 251 g/mol. The quantitative estimate of drug-likeness (QED) is 0.859. The molecule has 0 fully saturated rings. The maximum absolute atomic E-state index is 12.9. The SMILES string of the molecule is COCc1cn(C(C(N)=O)c2ccc(F)cc2)nn1. The van der Waals surface area contributed by atoms with Crippen LogP contribution in [0.4, 0.5) is 4.39 Å². The molecule has 0 bridgehead atoms. The van der Waals surface area contributed by atoms with Crippen LogP contribution < -0.4 is 5.73 Å². The molecule has 1 amide bonds. The smallest absolute Gasteiger partial charge is 0.246 e. The fraction of sp³-hybridized carbons (Fsp3) is 0.250. The summed E-state index contributed by atoms with van der Waals surface area (Å²) in [6, 6.07) is 4.68. The third kappa shape index (κ3) is 2.94. The summed E-state index contributed by atoms with van der Waals surface area (Å²) >= 11 is 0. The molecule has 0 saturated carbocycles. The molecule has 2 N–H and O–H groups in total. The molecule has 0 aliphatic rings. The second kappa shape index (κ2) is 5.57. The van der Waals surface area contributed by atoms with Crippen LogP contribution in [-0.4, -0.2) is 28.0 Å². The van der Waals surface area contributed by atoms with Crippen LogP contribution in [0.2, 0.25) is 0 Å². The zero-order valence-corrected chi connectivity index (χ0v) is 10.3. The van der Waals surface area contributed by atoms with Crippen LogP contribution in [0.25, 0.3) is 0 Å². The van der Waals surface area contributed by atoms with E-state index in [2.05, 4.69) is 10.3 Å². The Morgan fingerprint density at radius 1 is 1.47 bits per heavy atom. The molecule has 0 radical (unpaired) electrons. The average molecular weight is 264 g/mol. The van der Waals surface area contributed by atoms with Crippen LogP contribution in [-0.2, 0) is 16.1 Å². The van der Waals surface area contributed by atoms with Crippen molar-refractivity contribution >= 4 is 5.91 Å². The molecule has 0 aliphatic heterocycles. The number of primary amides is 1. The van der Waals surface area contributed by atoms with Crippen molar-refractivity contribution in [1.29, 1.82) is 0 Å². The summed E-state index contributed by atoms with van der Waals surface area (Å²) in [4.78, 5) is 11.6. The van der Waals surface area contributed by atoms with Gasteiger partial charge in [-0.25, -0.2) is 9.07 Å². The Labute approximate surface area is 109 Å². The summed E-state index contributed by atoms with van der Waals surface area (Å²) < 4.78 is 19.1. The standard InChI is InChI=1S/C12H13FN4O2/c1-19-7-10-6-17(16-15-10)11(12(14)18)8-2-4-9(13)5-3-8/h2-6,11H,7H2,1H3,(H2,14,18). The lowest BCUT2D eigenvalue weighted by atomic mass is 10.1. The summed E-state index contributed by atoms with van der Waals surface area (Å²) in [5, 5.41) is 7.71. The molecule has 1 aromatic heterocycles. The monoisotopic (exact) mass is 264 g/mol. The van der Waals surface area contributed by atoms with Crippen molar-refractivity contribution in [1.82, 2.24) is 15.0 Å². The third-order valence-electron chi connectivity index (χ3n) is 2.57. The number of halogens is 1. The number of carbonyl (C=O) groups is 1. The van der Waals surface area contributed by atoms with Crippen LogP contribution in [0.5, 0.6) is 0 Å². The Morgan fingerprint density at radius 3 is 2.74 bits per heavy atom. The zero-order chi connectivity index (χ0) is 13.8. The van der Waals surface area contributed by atoms with E-state index in [9.17, 15) is 9.18 Å². The highest BCUT2D eigenvalue weighted by atomic mass is 19.1. The van der Waals surface area contributed by atoms with Crippen LogP contribution in [0, 0.1) is 5.82 Å². The van der Waals surface area contributed by atoms with E-state index < -0.39 is 11.9 Å². The summed E-state index contributed by atoms with van der Waals surface area (Å²) in [5.41, 5.74) is 6.49. The van der Waals surface area contributed by atoms with Crippen molar-refractivity contribution < 1.29 is 13.9 Å². The maximum atomic E-state index is 12.9. The van der Waals surface area contributed by atoms with Crippen molar-refractivity contribution in [3.63, 3.8) is 0 Å². The predicted molar refractivity (Wildman–Crippen MR) is 64.5 cm³/mol. The van der Waals surface area contributed by atoms with Gasteiger partial charge in [0.05, 0.1) is 12.8 Å². The van der Waals surface area contributed by atoms with Gasteiger partial charge in [-0.3, -0.25) is 4.79 Å². The molecular formula is C12H13FN4O2. The minimum atomic E-state index is -0.821. The second-order valence-electron chi connectivity index (χ2n) is 3.98. The highest BCUT2D eigenvalue weighted by molar-refractivity contribution is 5.81. The van der Waals surface area contributed by atoms with Gasteiger partial charge in [0.25, 0.3) is 0 Å². The number of benzene rings is 1. The first-order valence-electron chi connectivity index (χ1n) is 5.56. The van der Waals surface area contributed by atoms with E-state index in [0.29, 0.717) is 11.3 Å². The van der Waals surface area contributed by atoms with Crippen LogP contribution >= 0.6 is 0 Å². The number of ether oxygens (including phenoxy) is 1. The Kier molecular flexibility index (Phi) is 3.86. The van der Waals surface area contributed by atoms with Gasteiger partial charge in [-0.2, -0.15) is 0 Å². The fourth-order valence-corrected chi connectivity index (χ4v) is 1.75. The van der Waals surface area contributed by atoms with Gasteiger partial charge in [0.2, 0.25) is 5.91 Å². The van der Waals surface area contributed by atoms with E-state index >= 15 is 0 Å². The van der Waals surface area contributed by atoms with Gasteiger partial charge in [-0.05, 0) is 17.7 Å². The van der Waals surface area contributed by atoms with Gasteiger partial charge in [0.15, 0.2) is 6.04 Å². The minimum absolute atomic E-state index is 0.287. The first-order chi connectivity index (χ1) is 9.11.